The first-order valence-electron chi connectivity index (χ1n) is 15.7. The molecule has 4 rings (SSSR count). The molecule has 0 spiro atoms. The van der Waals surface area contributed by atoms with Gasteiger partial charge in [0.05, 0.1) is 25.8 Å². The van der Waals surface area contributed by atoms with Crippen molar-refractivity contribution in [2.24, 2.45) is 0 Å². The van der Waals surface area contributed by atoms with Gasteiger partial charge in [-0.2, -0.15) is 0 Å². The van der Waals surface area contributed by atoms with Crippen LogP contribution in [0.1, 0.15) is 43.1 Å². The number of benzene rings is 3. The summed E-state index contributed by atoms with van der Waals surface area (Å²) in [7, 11) is 1.16. The van der Waals surface area contributed by atoms with E-state index in [-0.39, 0.29) is 12.0 Å². The van der Waals surface area contributed by atoms with Crippen molar-refractivity contribution in [2.75, 3.05) is 13.7 Å². The third-order valence-electron chi connectivity index (χ3n) is 7.59. The van der Waals surface area contributed by atoms with Crippen LogP contribution in [-0.4, -0.2) is 83.9 Å². The van der Waals surface area contributed by atoms with Gasteiger partial charge in [-0.3, -0.25) is 19.2 Å². The summed E-state index contributed by atoms with van der Waals surface area (Å²) in [5.74, 6) is -2.66. The van der Waals surface area contributed by atoms with E-state index in [1.807, 2.05) is 37.3 Å². The summed E-state index contributed by atoms with van der Waals surface area (Å²) in [4.78, 5) is 62.8. The number of aliphatic hydroxyl groups is 1. The molecule has 0 unspecified atom stereocenters. The molecule has 3 aromatic carbocycles. The van der Waals surface area contributed by atoms with Crippen LogP contribution < -0.4 is 15.4 Å². The molecule has 1 aliphatic rings. The number of rotatable bonds is 13. The van der Waals surface area contributed by atoms with Crippen LogP contribution in [0.15, 0.2) is 83.8 Å². The number of amides is 2. The number of esters is 3. The maximum atomic E-state index is 13.5. The highest BCUT2D eigenvalue weighted by Gasteiger charge is 2.57. The number of hydrogen-bond acceptors (Lipinski definition) is 12. The fraction of sp³-hybridized carbons (Fsp3) is 0.361. The minimum absolute atomic E-state index is 0.212. The standard InChI is InChI=1S/C36H40N2O11S/c1-21-14-16-28(17-15-21)50-36(35(44)45-5)19-29(42)31(38-22(2)39)33(49-36)32(47-24(4)41)30(46-23(3)40)20-37-34(43)25-10-9-13-27(18-25)48-26-11-7-6-8-12-26/h6-18,29-33,42H,19-20H2,1-5H3,(H,37,43)(H,38,39)/t29-,30+,31+,32+,33+,36+/m0/s1. The lowest BCUT2D eigenvalue weighted by Crippen LogP contribution is -2.67. The van der Waals surface area contributed by atoms with Crippen molar-refractivity contribution in [3.8, 4) is 11.5 Å². The summed E-state index contributed by atoms with van der Waals surface area (Å²) >= 11 is 0.962. The highest BCUT2D eigenvalue weighted by Crippen LogP contribution is 2.45. The van der Waals surface area contributed by atoms with Crippen LogP contribution in [0.4, 0.5) is 0 Å². The Morgan fingerprint density at radius 1 is 0.920 bits per heavy atom. The van der Waals surface area contributed by atoms with Gasteiger partial charge in [-0.1, -0.05) is 53.7 Å². The van der Waals surface area contributed by atoms with Crippen LogP contribution in [0.25, 0.3) is 0 Å². The van der Waals surface area contributed by atoms with E-state index >= 15 is 0 Å². The minimum Gasteiger partial charge on any atom is -0.466 e. The zero-order chi connectivity index (χ0) is 36.4. The van der Waals surface area contributed by atoms with E-state index in [2.05, 4.69) is 10.6 Å². The SMILES string of the molecule is COC(=O)[C@]1(Sc2ccc(C)cc2)C[C@H](O)[C@@H](NC(C)=O)[C@H]([C@H](OC(C)=O)[C@@H](CNC(=O)c2cccc(Oc3ccccc3)c2)OC(C)=O)O1. The number of thioether (sulfide) groups is 1. The summed E-state index contributed by atoms with van der Waals surface area (Å²) in [5, 5.41) is 16.8. The molecule has 2 amide bonds. The zero-order valence-electron chi connectivity index (χ0n) is 28.2. The fourth-order valence-corrected chi connectivity index (χ4v) is 6.68. The Hall–Kier alpha value is -4.92. The summed E-state index contributed by atoms with van der Waals surface area (Å²) in [6, 6.07) is 21.3. The molecule has 0 radical (unpaired) electrons. The Morgan fingerprint density at radius 3 is 2.20 bits per heavy atom. The quantitative estimate of drug-likeness (QED) is 0.174. The van der Waals surface area contributed by atoms with Crippen LogP contribution in [0.5, 0.6) is 11.5 Å². The lowest BCUT2D eigenvalue weighted by Gasteiger charge is -2.48. The summed E-state index contributed by atoms with van der Waals surface area (Å²) < 4.78 is 28.7. The second kappa shape index (κ2) is 17.1. The van der Waals surface area contributed by atoms with E-state index < -0.39 is 71.7 Å². The molecule has 3 N–H and O–H groups in total. The lowest BCUT2D eigenvalue weighted by molar-refractivity contribution is -0.216. The van der Waals surface area contributed by atoms with Crippen molar-refractivity contribution in [3.05, 3.63) is 90.0 Å². The van der Waals surface area contributed by atoms with Gasteiger partial charge >= 0.3 is 17.9 Å². The van der Waals surface area contributed by atoms with Gasteiger partial charge in [-0.15, -0.1) is 0 Å². The monoisotopic (exact) mass is 708 g/mol. The van der Waals surface area contributed by atoms with Gasteiger partial charge < -0.3 is 39.4 Å². The maximum absolute atomic E-state index is 13.5. The molecule has 6 atom stereocenters. The molecule has 1 heterocycles. The molecule has 50 heavy (non-hydrogen) atoms. The van der Waals surface area contributed by atoms with Crippen molar-refractivity contribution in [3.63, 3.8) is 0 Å². The molecule has 266 valence electrons. The molecule has 0 bridgehead atoms. The first-order chi connectivity index (χ1) is 23.8. The van der Waals surface area contributed by atoms with Crippen molar-refractivity contribution in [1.82, 2.24) is 10.6 Å². The first-order valence-corrected chi connectivity index (χ1v) is 16.5. The number of carbonyl (C=O) groups excluding carboxylic acids is 5. The van der Waals surface area contributed by atoms with Gasteiger partial charge in [0.15, 0.2) is 12.2 Å². The van der Waals surface area contributed by atoms with Gasteiger partial charge in [0.2, 0.25) is 10.8 Å². The average molecular weight is 709 g/mol. The molecule has 3 aromatic rings. The van der Waals surface area contributed by atoms with Crippen LogP contribution >= 0.6 is 11.8 Å². The van der Waals surface area contributed by atoms with Gasteiger partial charge in [-0.25, -0.2) is 4.79 Å². The first kappa shape index (κ1) is 37.9. The van der Waals surface area contributed by atoms with Gasteiger partial charge in [0.25, 0.3) is 5.91 Å². The number of methoxy groups -OCH3 is 1. The molecule has 0 aromatic heterocycles. The highest BCUT2D eigenvalue weighted by atomic mass is 32.2. The van der Waals surface area contributed by atoms with E-state index in [1.54, 1.807) is 42.5 Å². The molecule has 0 aliphatic carbocycles. The Morgan fingerprint density at radius 2 is 1.58 bits per heavy atom. The predicted molar refractivity (Wildman–Crippen MR) is 181 cm³/mol. The Bertz CT molecular complexity index is 1670. The van der Waals surface area contributed by atoms with Crippen LogP contribution in [0.2, 0.25) is 0 Å². The Kier molecular flexibility index (Phi) is 13.0. The number of aliphatic hydroxyl groups excluding tert-OH is 1. The molecule has 1 fully saturated rings. The van der Waals surface area contributed by atoms with Crippen LogP contribution in [-0.2, 0) is 38.1 Å². The van der Waals surface area contributed by atoms with E-state index in [0.717, 1.165) is 38.3 Å². The second-order valence-electron chi connectivity index (χ2n) is 11.6. The fourth-order valence-electron chi connectivity index (χ4n) is 5.44. The largest absolute Gasteiger partial charge is 0.466 e. The summed E-state index contributed by atoms with van der Waals surface area (Å²) in [6.45, 7) is 4.94. The molecule has 14 heteroatoms. The molecule has 0 saturated carbocycles. The minimum atomic E-state index is -1.90. The van der Waals surface area contributed by atoms with Gasteiger partial charge in [0, 0.05) is 37.7 Å². The Balaban J connectivity index is 1.68. The molecule has 13 nitrogen and oxygen atoms in total. The normalized spacial score (nSPS) is 21.1. The molecular weight excluding hydrogens is 668 g/mol. The topological polar surface area (TPSA) is 176 Å². The number of hydrogen-bond donors (Lipinski definition) is 3. The van der Waals surface area contributed by atoms with Crippen LogP contribution in [0.3, 0.4) is 0 Å². The zero-order valence-corrected chi connectivity index (χ0v) is 29.1. The van der Waals surface area contributed by atoms with Crippen molar-refractivity contribution >= 4 is 41.5 Å². The lowest BCUT2D eigenvalue weighted by atomic mass is 9.89. The van der Waals surface area contributed by atoms with Gasteiger partial charge in [-0.05, 0) is 49.4 Å². The number of carbonyl (C=O) groups is 5. The summed E-state index contributed by atoms with van der Waals surface area (Å²) in [6.07, 6.45) is -6.24. The highest BCUT2D eigenvalue weighted by molar-refractivity contribution is 8.01. The van der Waals surface area contributed by atoms with E-state index in [4.69, 9.17) is 23.7 Å². The van der Waals surface area contributed by atoms with E-state index in [0.29, 0.717) is 16.4 Å². The smallest absolute Gasteiger partial charge is 0.349 e. The Labute approximate surface area is 294 Å². The predicted octanol–water partition coefficient (Wildman–Crippen LogP) is 3.70. The molecular formula is C36H40N2O11S. The number of para-hydroxylation sites is 1. The van der Waals surface area contributed by atoms with Crippen molar-refractivity contribution in [2.45, 2.75) is 74.4 Å². The second-order valence-corrected chi connectivity index (χ2v) is 12.9. The van der Waals surface area contributed by atoms with E-state index in [1.165, 1.54) is 13.0 Å². The van der Waals surface area contributed by atoms with Crippen molar-refractivity contribution < 1.29 is 52.8 Å². The van der Waals surface area contributed by atoms with Crippen LogP contribution in [0, 0.1) is 6.92 Å². The average Bonchev–Trinajstić information content (AvgIpc) is 3.07. The summed E-state index contributed by atoms with van der Waals surface area (Å²) in [5.41, 5.74) is 1.18. The van der Waals surface area contributed by atoms with Gasteiger partial charge in [0.1, 0.15) is 17.6 Å². The number of nitrogens with one attached hydrogen (secondary N) is 2. The number of aryl methyl sites for hydroxylation is 1. The van der Waals surface area contributed by atoms with E-state index in [9.17, 15) is 29.1 Å². The molecule has 1 aliphatic heterocycles. The third kappa shape index (κ3) is 10.1. The third-order valence-corrected chi connectivity index (χ3v) is 8.86. The maximum Gasteiger partial charge on any atom is 0.349 e. The molecule has 1 saturated heterocycles. The van der Waals surface area contributed by atoms with Crippen molar-refractivity contribution in [1.29, 1.82) is 0 Å². The number of ether oxygens (including phenoxy) is 5.